The first-order valence-electron chi connectivity index (χ1n) is 7.07. The van der Waals surface area contributed by atoms with Crippen LogP contribution in [0, 0.1) is 11.3 Å². The number of carboxylic acid groups (broad SMARTS) is 1. The van der Waals surface area contributed by atoms with Crippen LogP contribution in [0.2, 0.25) is 0 Å². The molecule has 2 atom stereocenters. The zero-order valence-corrected chi connectivity index (χ0v) is 11.8. The Kier molecular flexibility index (Phi) is 3.97. The molecule has 2 N–H and O–H groups in total. The van der Waals surface area contributed by atoms with E-state index in [1.54, 1.807) is 0 Å². The minimum Gasteiger partial charge on any atom is -0.480 e. The molecule has 104 valence electrons. The summed E-state index contributed by atoms with van der Waals surface area (Å²) < 4.78 is 0. The van der Waals surface area contributed by atoms with E-state index in [-0.39, 0.29) is 0 Å². The van der Waals surface area contributed by atoms with Crippen molar-refractivity contribution in [3.05, 3.63) is 0 Å². The van der Waals surface area contributed by atoms with Gasteiger partial charge in [-0.3, -0.25) is 4.79 Å². The normalized spacial score (nSPS) is 27.4. The number of likely N-dealkylation sites (tertiary alicyclic amines) is 1. The predicted octanol–water partition coefficient (Wildman–Crippen LogP) is 1.56. The van der Waals surface area contributed by atoms with Crippen molar-refractivity contribution in [2.75, 3.05) is 19.6 Å². The summed E-state index contributed by atoms with van der Waals surface area (Å²) in [4.78, 5) is 13.5. The number of carbonyl (C=O) groups is 1. The van der Waals surface area contributed by atoms with Crippen LogP contribution in [0.4, 0.5) is 0 Å². The SMILES string of the molecule is CC(C)(C)C1CCN(CC(NC2CC2)C(=O)O)C1. The lowest BCUT2D eigenvalue weighted by Gasteiger charge is -2.28. The second-order valence-corrected chi connectivity index (χ2v) is 6.94. The molecule has 0 bridgehead atoms. The molecule has 0 aromatic carbocycles. The summed E-state index contributed by atoms with van der Waals surface area (Å²) >= 11 is 0. The molecule has 1 heterocycles. The van der Waals surface area contributed by atoms with Crippen molar-refractivity contribution in [2.45, 2.75) is 52.1 Å². The third kappa shape index (κ3) is 3.69. The highest BCUT2D eigenvalue weighted by atomic mass is 16.4. The molecular formula is C14H26N2O2. The quantitative estimate of drug-likeness (QED) is 0.782. The molecule has 2 rings (SSSR count). The Bertz CT molecular complexity index is 307. The average Bonchev–Trinajstić information content (AvgIpc) is 2.91. The Balaban J connectivity index is 1.83. The van der Waals surface area contributed by atoms with Crippen molar-refractivity contribution in [1.82, 2.24) is 10.2 Å². The molecule has 0 radical (unpaired) electrons. The lowest BCUT2D eigenvalue weighted by molar-refractivity contribution is -0.140. The predicted molar refractivity (Wildman–Crippen MR) is 71.6 cm³/mol. The van der Waals surface area contributed by atoms with Crippen molar-refractivity contribution in [1.29, 1.82) is 0 Å². The van der Waals surface area contributed by atoms with Gasteiger partial charge in [-0.1, -0.05) is 20.8 Å². The van der Waals surface area contributed by atoms with Crippen LogP contribution in [0.25, 0.3) is 0 Å². The van der Waals surface area contributed by atoms with E-state index in [1.807, 2.05) is 0 Å². The number of hydrogen-bond acceptors (Lipinski definition) is 3. The van der Waals surface area contributed by atoms with Gasteiger partial charge in [-0.25, -0.2) is 0 Å². The van der Waals surface area contributed by atoms with Crippen molar-refractivity contribution < 1.29 is 9.90 Å². The van der Waals surface area contributed by atoms with Crippen molar-refractivity contribution >= 4 is 5.97 Å². The molecule has 0 aromatic rings. The van der Waals surface area contributed by atoms with Gasteiger partial charge in [0.05, 0.1) is 0 Å². The van der Waals surface area contributed by atoms with E-state index in [1.165, 1.54) is 6.42 Å². The fraction of sp³-hybridized carbons (Fsp3) is 0.929. The Hall–Kier alpha value is -0.610. The summed E-state index contributed by atoms with van der Waals surface area (Å²) in [7, 11) is 0. The van der Waals surface area contributed by atoms with E-state index >= 15 is 0 Å². The van der Waals surface area contributed by atoms with E-state index in [0.717, 1.165) is 25.9 Å². The van der Waals surface area contributed by atoms with Crippen LogP contribution < -0.4 is 5.32 Å². The zero-order valence-electron chi connectivity index (χ0n) is 11.8. The highest BCUT2D eigenvalue weighted by molar-refractivity contribution is 5.73. The molecule has 0 amide bonds. The topological polar surface area (TPSA) is 52.6 Å². The van der Waals surface area contributed by atoms with Gasteiger partial charge in [-0.2, -0.15) is 0 Å². The highest BCUT2D eigenvalue weighted by Gasteiger charge is 2.35. The number of nitrogens with zero attached hydrogens (tertiary/aromatic N) is 1. The lowest BCUT2D eigenvalue weighted by Crippen LogP contribution is -2.46. The van der Waals surface area contributed by atoms with Gasteiger partial charge in [0.25, 0.3) is 0 Å². The molecule has 18 heavy (non-hydrogen) atoms. The summed E-state index contributed by atoms with van der Waals surface area (Å²) in [5.74, 6) is -0.0195. The van der Waals surface area contributed by atoms with Gasteiger partial charge in [0.2, 0.25) is 0 Å². The Morgan fingerprint density at radius 3 is 2.50 bits per heavy atom. The van der Waals surface area contributed by atoms with Crippen LogP contribution in [-0.4, -0.2) is 47.7 Å². The molecular weight excluding hydrogens is 228 g/mol. The van der Waals surface area contributed by atoms with Crippen molar-refractivity contribution in [2.24, 2.45) is 11.3 Å². The molecule has 2 unspecified atom stereocenters. The minimum absolute atomic E-state index is 0.331. The molecule has 0 spiro atoms. The van der Waals surface area contributed by atoms with Gasteiger partial charge in [0.15, 0.2) is 0 Å². The van der Waals surface area contributed by atoms with Gasteiger partial charge < -0.3 is 15.3 Å². The number of aliphatic carboxylic acids is 1. The molecule has 2 fully saturated rings. The summed E-state index contributed by atoms with van der Waals surface area (Å²) in [5.41, 5.74) is 0.331. The Morgan fingerprint density at radius 1 is 1.39 bits per heavy atom. The first-order chi connectivity index (χ1) is 8.36. The number of nitrogens with one attached hydrogen (secondary N) is 1. The first kappa shape index (κ1) is 13.8. The molecule has 4 nitrogen and oxygen atoms in total. The summed E-state index contributed by atoms with van der Waals surface area (Å²) in [6, 6.07) is 0.0586. The largest absolute Gasteiger partial charge is 0.480 e. The number of hydrogen-bond donors (Lipinski definition) is 2. The smallest absolute Gasteiger partial charge is 0.322 e. The van der Waals surface area contributed by atoms with E-state index in [0.29, 0.717) is 23.9 Å². The van der Waals surface area contributed by atoms with Crippen LogP contribution in [-0.2, 0) is 4.79 Å². The summed E-state index contributed by atoms with van der Waals surface area (Å²) in [6.45, 7) is 9.56. The molecule has 4 heteroatoms. The average molecular weight is 254 g/mol. The Labute approximate surface area is 110 Å². The fourth-order valence-electron chi connectivity index (χ4n) is 2.70. The third-order valence-corrected chi connectivity index (χ3v) is 4.25. The maximum Gasteiger partial charge on any atom is 0.322 e. The third-order valence-electron chi connectivity index (χ3n) is 4.25. The summed E-state index contributed by atoms with van der Waals surface area (Å²) in [6.07, 6.45) is 3.46. The van der Waals surface area contributed by atoms with Crippen LogP contribution in [0.15, 0.2) is 0 Å². The highest BCUT2D eigenvalue weighted by Crippen LogP contribution is 2.33. The monoisotopic (exact) mass is 254 g/mol. The maximum absolute atomic E-state index is 11.2. The molecule has 1 aliphatic heterocycles. The molecule has 1 saturated carbocycles. The summed E-state index contributed by atoms with van der Waals surface area (Å²) in [5, 5.41) is 12.5. The fourth-order valence-corrected chi connectivity index (χ4v) is 2.70. The molecule has 1 aliphatic carbocycles. The first-order valence-corrected chi connectivity index (χ1v) is 7.07. The van der Waals surface area contributed by atoms with Gasteiger partial charge in [-0.15, -0.1) is 0 Å². The van der Waals surface area contributed by atoms with E-state index in [2.05, 4.69) is 31.0 Å². The maximum atomic E-state index is 11.2. The molecule has 2 aliphatic rings. The zero-order chi connectivity index (χ0) is 13.3. The van der Waals surface area contributed by atoms with E-state index < -0.39 is 12.0 Å². The number of carboxylic acids is 1. The second-order valence-electron chi connectivity index (χ2n) is 6.94. The van der Waals surface area contributed by atoms with Crippen molar-refractivity contribution in [3.63, 3.8) is 0 Å². The molecule has 0 aromatic heterocycles. The van der Waals surface area contributed by atoms with E-state index in [4.69, 9.17) is 0 Å². The number of rotatable bonds is 5. The minimum atomic E-state index is -0.707. The molecule has 1 saturated heterocycles. The standard InChI is InChI=1S/C14H26N2O2/c1-14(2,3)10-6-7-16(8-10)9-12(13(17)18)15-11-4-5-11/h10-12,15H,4-9H2,1-3H3,(H,17,18). The van der Waals surface area contributed by atoms with Crippen molar-refractivity contribution in [3.8, 4) is 0 Å². The van der Waals surface area contributed by atoms with Gasteiger partial charge >= 0.3 is 5.97 Å². The van der Waals surface area contributed by atoms with Gasteiger partial charge in [0.1, 0.15) is 6.04 Å². The van der Waals surface area contributed by atoms with E-state index in [9.17, 15) is 9.90 Å². The van der Waals surface area contributed by atoms with Gasteiger partial charge in [-0.05, 0) is 37.1 Å². The van der Waals surface area contributed by atoms with Crippen LogP contribution in [0.3, 0.4) is 0 Å². The van der Waals surface area contributed by atoms with Gasteiger partial charge in [0, 0.05) is 19.1 Å². The lowest BCUT2D eigenvalue weighted by atomic mass is 9.80. The van der Waals surface area contributed by atoms with Crippen LogP contribution in [0.1, 0.15) is 40.0 Å². The van der Waals surface area contributed by atoms with Crippen LogP contribution in [0.5, 0.6) is 0 Å². The second kappa shape index (κ2) is 5.17. The Morgan fingerprint density at radius 2 is 2.06 bits per heavy atom. The van der Waals surface area contributed by atoms with Crippen LogP contribution >= 0.6 is 0 Å².